The monoisotopic (exact) mass is 400 g/mol. The Morgan fingerprint density at radius 1 is 1.19 bits per heavy atom. The van der Waals surface area contributed by atoms with Crippen LogP contribution in [0.25, 0.3) is 0 Å². The van der Waals surface area contributed by atoms with E-state index in [0.29, 0.717) is 23.1 Å². The second-order valence-corrected chi connectivity index (χ2v) is 7.94. The summed E-state index contributed by atoms with van der Waals surface area (Å²) in [6.07, 6.45) is 0. The van der Waals surface area contributed by atoms with Gasteiger partial charge in [-0.15, -0.1) is 11.3 Å². The zero-order valence-corrected chi connectivity index (χ0v) is 17.1. The molecule has 0 fully saturated rings. The number of ether oxygens (including phenoxy) is 1. The summed E-state index contributed by atoms with van der Waals surface area (Å²) in [5, 5.41) is 1.45. The molecule has 0 aliphatic carbocycles. The summed E-state index contributed by atoms with van der Waals surface area (Å²) in [4.78, 5) is 19.6. The van der Waals surface area contributed by atoms with Gasteiger partial charge in [0.05, 0.1) is 5.69 Å². The van der Waals surface area contributed by atoms with Crippen molar-refractivity contribution >= 4 is 28.8 Å². The summed E-state index contributed by atoms with van der Waals surface area (Å²) in [6.45, 7) is 4.73. The van der Waals surface area contributed by atoms with Crippen LogP contribution in [0.3, 0.4) is 0 Å². The summed E-state index contributed by atoms with van der Waals surface area (Å²) in [5.74, 6) is 0.742. The van der Waals surface area contributed by atoms with Gasteiger partial charge >= 0.3 is 0 Å². The minimum atomic E-state index is -0.0495. The molecule has 140 valence electrons. The third-order valence-electron chi connectivity index (χ3n) is 4.07. The number of benzene rings is 2. The zero-order chi connectivity index (χ0) is 19.4. The van der Waals surface area contributed by atoms with Crippen LogP contribution >= 0.6 is 22.9 Å². The van der Waals surface area contributed by atoms with E-state index in [2.05, 4.69) is 4.98 Å². The van der Waals surface area contributed by atoms with Crippen molar-refractivity contribution in [1.82, 2.24) is 9.88 Å². The van der Waals surface area contributed by atoms with Gasteiger partial charge in [0.25, 0.3) is 5.91 Å². The van der Waals surface area contributed by atoms with Gasteiger partial charge < -0.3 is 9.64 Å². The first-order chi connectivity index (χ1) is 12.9. The van der Waals surface area contributed by atoms with Gasteiger partial charge in [-0.05, 0) is 43.7 Å². The van der Waals surface area contributed by atoms with Gasteiger partial charge in [-0.2, -0.15) is 0 Å². The molecule has 0 aliphatic heterocycles. The first kappa shape index (κ1) is 19.4. The molecule has 0 radical (unpaired) electrons. The van der Waals surface area contributed by atoms with Crippen LogP contribution in [0.5, 0.6) is 5.75 Å². The summed E-state index contributed by atoms with van der Waals surface area (Å²) in [6, 6.07) is 15.4. The van der Waals surface area contributed by atoms with Gasteiger partial charge in [0.2, 0.25) is 0 Å². The van der Waals surface area contributed by atoms with Gasteiger partial charge in [-0.25, -0.2) is 4.98 Å². The molecule has 4 nitrogen and oxygen atoms in total. The molecule has 3 rings (SSSR count). The van der Waals surface area contributed by atoms with Gasteiger partial charge in [-0.1, -0.05) is 41.4 Å². The van der Waals surface area contributed by atoms with Crippen LogP contribution in [-0.4, -0.2) is 22.8 Å². The highest BCUT2D eigenvalue weighted by Crippen LogP contribution is 2.23. The van der Waals surface area contributed by atoms with E-state index in [0.717, 1.165) is 22.0 Å². The number of hydrogen-bond acceptors (Lipinski definition) is 4. The lowest BCUT2D eigenvalue weighted by Gasteiger charge is -2.16. The number of halogens is 1. The van der Waals surface area contributed by atoms with Crippen molar-refractivity contribution < 1.29 is 9.53 Å². The van der Waals surface area contributed by atoms with Crippen LogP contribution in [0.15, 0.2) is 48.5 Å². The van der Waals surface area contributed by atoms with E-state index in [9.17, 15) is 4.79 Å². The van der Waals surface area contributed by atoms with Crippen molar-refractivity contribution in [3.63, 3.8) is 0 Å². The SMILES string of the molecule is Cc1ccc(OCc2nc(C)c(C(=O)N(C)Cc3cccc(Cl)c3)s2)cc1. The highest BCUT2D eigenvalue weighted by molar-refractivity contribution is 7.13. The molecule has 0 bridgehead atoms. The van der Waals surface area contributed by atoms with Crippen LogP contribution in [0, 0.1) is 13.8 Å². The Morgan fingerprint density at radius 3 is 2.63 bits per heavy atom. The first-order valence-electron chi connectivity index (χ1n) is 8.58. The fourth-order valence-corrected chi connectivity index (χ4v) is 3.83. The molecule has 3 aromatic rings. The van der Waals surface area contributed by atoms with Crippen molar-refractivity contribution in [2.45, 2.75) is 27.0 Å². The lowest BCUT2D eigenvalue weighted by Crippen LogP contribution is -2.26. The highest BCUT2D eigenvalue weighted by Gasteiger charge is 2.19. The van der Waals surface area contributed by atoms with Crippen molar-refractivity contribution in [3.05, 3.63) is 80.3 Å². The molecule has 0 spiro atoms. The Labute approximate surface area is 168 Å². The van der Waals surface area contributed by atoms with Crippen molar-refractivity contribution in [3.8, 4) is 5.75 Å². The average molecular weight is 401 g/mol. The third kappa shape index (κ3) is 5.08. The second-order valence-electron chi connectivity index (χ2n) is 6.42. The smallest absolute Gasteiger partial charge is 0.265 e. The first-order valence-corrected chi connectivity index (χ1v) is 9.77. The molecule has 2 aromatic carbocycles. The Balaban J connectivity index is 1.65. The zero-order valence-electron chi connectivity index (χ0n) is 15.5. The minimum absolute atomic E-state index is 0.0495. The maximum atomic E-state index is 12.8. The van der Waals surface area contributed by atoms with E-state index in [1.807, 2.05) is 62.4 Å². The summed E-state index contributed by atoms with van der Waals surface area (Å²) in [7, 11) is 1.78. The lowest BCUT2D eigenvalue weighted by atomic mass is 10.2. The Morgan fingerprint density at radius 2 is 1.93 bits per heavy atom. The minimum Gasteiger partial charge on any atom is -0.486 e. The lowest BCUT2D eigenvalue weighted by molar-refractivity contribution is 0.0789. The van der Waals surface area contributed by atoms with Gasteiger partial charge in [-0.3, -0.25) is 4.79 Å². The van der Waals surface area contributed by atoms with Crippen LogP contribution in [0.1, 0.15) is 31.5 Å². The fourth-order valence-electron chi connectivity index (χ4n) is 2.65. The van der Waals surface area contributed by atoms with E-state index < -0.39 is 0 Å². The van der Waals surface area contributed by atoms with Crippen LogP contribution in [0.4, 0.5) is 0 Å². The van der Waals surface area contributed by atoms with Gasteiger partial charge in [0, 0.05) is 18.6 Å². The van der Waals surface area contributed by atoms with Crippen LogP contribution < -0.4 is 4.74 Å². The number of carbonyl (C=O) groups excluding carboxylic acids is 1. The number of rotatable bonds is 6. The van der Waals surface area contributed by atoms with E-state index in [1.165, 1.54) is 16.9 Å². The molecule has 0 saturated carbocycles. The maximum absolute atomic E-state index is 12.8. The van der Waals surface area contributed by atoms with Crippen molar-refractivity contribution in [1.29, 1.82) is 0 Å². The molecule has 1 amide bonds. The normalized spacial score (nSPS) is 10.7. The number of amides is 1. The van der Waals surface area contributed by atoms with E-state index >= 15 is 0 Å². The van der Waals surface area contributed by atoms with E-state index in [4.69, 9.17) is 16.3 Å². The molecule has 0 unspecified atom stereocenters. The summed E-state index contributed by atoms with van der Waals surface area (Å²) in [5.41, 5.74) is 2.90. The second kappa shape index (κ2) is 8.55. The molecular weight excluding hydrogens is 380 g/mol. The largest absolute Gasteiger partial charge is 0.486 e. The van der Waals surface area contributed by atoms with Gasteiger partial charge in [0.15, 0.2) is 0 Å². The predicted octanol–water partition coefficient (Wildman–Crippen LogP) is 5.26. The number of carbonyl (C=O) groups is 1. The Bertz CT molecular complexity index is 938. The van der Waals surface area contributed by atoms with E-state index in [-0.39, 0.29) is 5.91 Å². The molecular formula is C21H21ClN2O2S. The number of thiazole rings is 1. The number of aromatic nitrogens is 1. The maximum Gasteiger partial charge on any atom is 0.265 e. The number of hydrogen-bond donors (Lipinski definition) is 0. The molecule has 0 atom stereocenters. The molecule has 1 aromatic heterocycles. The molecule has 6 heteroatoms. The van der Waals surface area contributed by atoms with Crippen LogP contribution in [-0.2, 0) is 13.2 Å². The third-order valence-corrected chi connectivity index (χ3v) is 5.43. The average Bonchev–Trinajstić information content (AvgIpc) is 3.01. The molecule has 1 heterocycles. The predicted molar refractivity (Wildman–Crippen MR) is 110 cm³/mol. The molecule has 0 N–H and O–H groups in total. The molecule has 0 saturated heterocycles. The fraction of sp³-hybridized carbons (Fsp3) is 0.238. The highest BCUT2D eigenvalue weighted by atomic mass is 35.5. The standard InChI is InChI=1S/C21H21ClN2O2S/c1-14-7-9-18(10-8-14)26-13-19-23-15(2)20(27-19)21(25)24(3)12-16-5-4-6-17(22)11-16/h4-11H,12-13H2,1-3H3. The van der Waals surface area contributed by atoms with Crippen molar-refractivity contribution in [2.75, 3.05) is 7.05 Å². The van der Waals surface area contributed by atoms with E-state index in [1.54, 1.807) is 11.9 Å². The number of aryl methyl sites for hydroxylation is 2. The van der Waals surface area contributed by atoms with Crippen LogP contribution in [0.2, 0.25) is 5.02 Å². The Hall–Kier alpha value is -2.37. The summed E-state index contributed by atoms with van der Waals surface area (Å²) < 4.78 is 5.77. The van der Waals surface area contributed by atoms with Crippen molar-refractivity contribution in [2.24, 2.45) is 0 Å². The molecule has 27 heavy (non-hydrogen) atoms. The van der Waals surface area contributed by atoms with Gasteiger partial charge in [0.1, 0.15) is 22.2 Å². The topological polar surface area (TPSA) is 42.4 Å². The summed E-state index contributed by atoms with van der Waals surface area (Å²) >= 11 is 7.40. The quantitative estimate of drug-likeness (QED) is 0.566. The molecule has 0 aliphatic rings. The Kier molecular flexibility index (Phi) is 6.14. The number of nitrogens with zero attached hydrogens (tertiary/aromatic N) is 2.